The van der Waals surface area contributed by atoms with Gasteiger partial charge in [-0.2, -0.15) is 0 Å². The van der Waals surface area contributed by atoms with Gasteiger partial charge >= 0.3 is 0 Å². The lowest BCUT2D eigenvalue weighted by Crippen LogP contribution is -2.24. The highest BCUT2D eigenvalue weighted by Gasteiger charge is 2.02. The predicted molar refractivity (Wildman–Crippen MR) is 53.3 cm³/mol. The summed E-state index contributed by atoms with van der Waals surface area (Å²) in [5.41, 5.74) is 5.30. The summed E-state index contributed by atoms with van der Waals surface area (Å²) in [5, 5.41) is 2.78. The fourth-order valence-electron chi connectivity index (χ4n) is 1.10. The van der Waals surface area contributed by atoms with Crippen LogP contribution in [0.3, 0.4) is 0 Å². The summed E-state index contributed by atoms with van der Waals surface area (Å²) in [6.45, 7) is 1.03. The molecule has 5 heteroatoms. The maximum absolute atomic E-state index is 11.2. The van der Waals surface area contributed by atoms with Crippen molar-refractivity contribution in [3.8, 4) is 0 Å². The fourth-order valence-corrected chi connectivity index (χ4v) is 1.10. The van der Waals surface area contributed by atoms with Crippen LogP contribution in [0.1, 0.15) is 18.7 Å². The van der Waals surface area contributed by atoms with E-state index in [2.05, 4.69) is 10.3 Å². The van der Waals surface area contributed by atoms with Crippen LogP contribution < -0.4 is 11.1 Å². The van der Waals surface area contributed by atoms with Gasteiger partial charge in [0.2, 0.25) is 5.91 Å². The molecule has 0 aliphatic carbocycles. The summed E-state index contributed by atoms with van der Waals surface area (Å²) in [6, 6.07) is 0. The predicted octanol–water partition coefficient (Wildman–Crippen LogP) is -0.225. The molecule has 0 fully saturated rings. The van der Waals surface area contributed by atoms with Crippen LogP contribution in [-0.4, -0.2) is 22.0 Å². The number of imidazole rings is 1. The molecule has 0 radical (unpaired) electrons. The maximum Gasteiger partial charge on any atom is 0.220 e. The number of aryl methyl sites for hydroxylation is 1. The Balaban J connectivity index is 2.27. The van der Waals surface area contributed by atoms with Gasteiger partial charge in [-0.25, -0.2) is 4.98 Å². The Bertz CT molecular complexity index is 295. The molecule has 5 nitrogen and oxygen atoms in total. The number of nitrogens with zero attached hydrogens (tertiary/aromatic N) is 2. The summed E-state index contributed by atoms with van der Waals surface area (Å²) >= 11 is 0. The van der Waals surface area contributed by atoms with Crippen LogP contribution >= 0.6 is 0 Å². The smallest absolute Gasteiger partial charge is 0.220 e. The molecule has 1 heterocycles. The molecule has 1 aromatic rings. The monoisotopic (exact) mass is 196 g/mol. The molecular weight excluding hydrogens is 180 g/mol. The molecule has 0 atom stereocenters. The summed E-state index contributed by atoms with van der Waals surface area (Å²) in [4.78, 5) is 15.3. The summed E-state index contributed by atoms with van der Waals surface area (Å²) < 4.78 is 1.88. The van der Waals surface area contributed by atoms with E-state index in [9.17, 15) is 4.79 Å². The van der Waals surface area contributed by atoms with Crippen molar-refractivity contribution in [2.75, 3.05) is 6.54 Å². The van der Waals surface area contributed by atoms with Gasteiger partial charge < -0.3 is 15.6 Å². The van der Waals surface area contributed by atoms with E-state index in [1.54, 1.807) is 6.20 Å². The van der Waals surface area contributed by atoms with Crippen molar-refractivity contribution in [3.63, 3.8) is 0 Å². The third-order valence-corrected chi connectivity index (χ3v) is 1.97. The standard InChI is InChI=1S/C9H16N4O/c1-13-6-5-11-8(13)7-12-9(14)3-2-4-10/h5-6H,2-4,7,10H2,1H3,(H,12,14). The van der Waals surface area contributed by atoms with E-state index < -0.39 is 0 Å². The second-order valence-corrected chi connectivity index (χ2v) is 3.12. The summed E-state index contributed by atoms with van der Waals surface area (Å²) in [5.74, 6) is 0.879. The molecule has 1 amide bonds. The molecule has 0 aliphatic heterocycles. The van der Waals surface area contributed by atoms with Crippen LogP contribution in [0.2, 0.25) is 0 Å². The van der Waals surface area contributed by atoms with Crippen molar-refractivity contribution in [1.29, 1.82) is 0 Å². The van der Waals surface area contributed by atoms with Crippen molar-refractivity contribution in [2.24, 2.45) is 12.8 Å². The average Bonchev–Trinajstić information content (AvgIpc) is 2.58. The SMILES string of the molecule is Cn1ccnc1CNC(=O)CCCN. The number of hydrogen-bond donors (Lipinski definition) is 2. The van der Waals surface area contributed by atoms with Gasteiger partial charge in [0.25, 0.3) is 0 Å². The van der Waals surface area contributed by atoms with Gasteiger partial charge in [-0.1, -0.05) is 0 Å². The van der Waals surface area contributed by atoms with E-state index in [4.69, 9.17) is 5.73 Å². The third-order valence-electron chi connectivity index (χ3n) is 1.97. The first kappa shape index (κ1) is 10.7. The Kier molecular flexibility index (Phi) is 4.12. The van der Waals surface area contributed by atoms with Crippen LogP contribution in [0.5, 0.6) is 0 Å². The van der Waals surface area contributed by atoms with Crippen molar-refractivity contribution < 1.29 is 4.79 Å². The maximum atomic E-state index is 11.2. The Hall–Kier alpha value is -1.36. The van der Waals surface area contributed by atoms with E-state index >= 15 is 0 Å². The van der Waals surface area contributed by atoms with Crippen molar-refractivity contribution in [1.82, 2.24) is 14.9 Å². The Labute approximate surface area is 83.3 Å². The first-order valence-corrected chi connectivity index (χ1v) is 4.67. The zero-order chi connectivity index (χ0) is 10.4. The molecule has 0 aliphatic rings. The average molecular weight is 196 g/mol. The Morgan fingerprint density at radius 1 is 1.71 bits per heavy atom. The van der Waals surface area contributed by atoms with E-state index in [0.29, 0.717) is 19.5 Å². The molecular formula is C9H16N4O. The fraction of sp³-hybridized carbons (Fsp3) is 0.556. The lowest BCUT2D eigenvalue weighted by Gasteiger charge is -2.04. The minimum Gasteiger partial charge on any atom is -0.349 e. The first-order chi connectivity index (χ1) is 6.74. The second kappa shape index (κ2) is 5.39. The first-order valence-electron chi connectivity index (χ1n) is 4.67. The molecule has 1 rings (SSSR count). The number of aromatic nitrogens is 2. The molecule has 14 heavy (non-hydrogen) atoms. The minimum absolute atomic E-state index is 0.0263. The molecule has 0 unspecified atom stereocenters. The number of hydrogen-bond acceptors (Lipinski definition) is 3. The van der Waals surface area contributed by atoms with Crippen LogP contribution in [0.25, 0.3) is 0 Å². The van der Waals surface area contributed by atoms with Crippen LogP contribution in [0.15, 0.2) is 12.4 Å². The van der Waals surface area contributed by atoms with Gasteiger partial charge in [0, 0.05) is 25.9 Å². The highest BCUT2D eigenvalue weighted by Crippen LogP contribution is 1.94. The Morgan fingerprint density at radius 2 is 2.50 bits per heavy atom. The lowest BCUT2D eigenvalue weighted by atomic mass is 10.3. The normalized spacial score (nSPS) is 10.1. The van der Waals surface area contributed by atoms with Gasteiger partial charge in [0.1, 0.15) is 5.82 Å². The van der Waals surface area contributed by atoms with Crippen molar-refractivity contribution in [3.05, 3.63) is 18.2 Å². The van der Waals surface area contributed by atoms with Crippen LogP contribution in [0, 0.1) is 0 Å². The number of carbonyl (C=O) groups is 1. The molecule has 0 saturated carbocycles. The number of rotatable bonds is 5. The van der Waals surface area contributed by atoms with Crippen LogP contribution in [-0.2, 0) is 18.4 Å². The molecule has 0 saturated heterocycles. The molecule has 0 aromatic carbocycles. The van der Waals surface area contributed by atoms with Gasteiger partial charge in [-0.3, -0.25) is 4.79 Å². The molecule has 1 aromatic heterocycles. The van der Waals surface area contributed by atoms with E-state index in [1.165, 1.54) is 0 Å². The third kappa shape index (κ3) is 3.18. The number of carbonyl (C=O) groups excluding carboxylic acids is 1. The van der Waals surface area contributed by atoms with Crippen LogP contribution in [0.4, 0.5) is 0 Å². The summed E-state index contributed by atoms with van der Waals surface area (Å²) in [6.07, 6.45) is 4.77. The van der Waals surface area contributed by atoms with E-state index in [1.807, 2.05) is 17.8 Å². The van der Waals surface area contributed by atoms with E-state index in [-0.39, 0.29) is 5.91 Å². The highest BCUT2D eigenvalue weighted by molar-refractivity contribution is 5.75. The van der Waals surface area contributed by atoms with Gasteiger partial charge in [0.05, 0.1) is 6.54 Å². The summed E-state index contributed by atoms with van der Waals surface area (Å²) in [7, 11) is 1.90. The number of nitrogens with two attached hydrogens (primary N) is 1. The molecule has 0 bridgehead atoms. The van der Waals surface area contributed by atoms with Gasteiger partial charge in [-0.15, -0.1) is 0 Å². The zero-order valence-corrected chi connectivity index (χ0v) is 8.36. The van der Waals surface area contributed by atoms with Crippen molar-refractivity contribution >= 4 is 5.91 Å². The number of amides is 1. The second-order valence-electron chi connectivity index (χ2n) is 3.12. The van der Waals surface area contributed by atoms with Gasteiger partial charge in [0.15, 0.2) is 0 Å². The zero-order valence-electron chi connectivity index (χ0n) is 8.36. The van der Waals surface area contributed by atoms with Gasteiger partial charge in [-0.05, 0) is 13.0 Å². The molecule has 78 valence electrons. The molecule has 0 spiro atoms. The topological polar surface area (TPSA) is 72.9 Å². The molecule has 3 N–H and O–H groups in total. The number of nitrogens with one attached hydrogen (secondary N) is 1. The minimum atomic E-state index is 0.0263. The Morgan fingerprint density at radius 3 is 3.07 bits per heavy atom. The quantitative estimate of drug-likeness (QED) is 0.683. The lowest BCUT2D eigenvalue weighted by molar-refractivity contribution is -0.121. The van der Waals surface area contributed by atoms with E-state index in [0.717, 1.165) is 12.2 Å². The largest absolute Gasteiger partial charge is 0.349 e. The van der Waals surface area contributed by atoms with Crippen molar-refractivity contribution in [2.45, 2.75) is 19.4 Å². The highest BCUT2D eigenvalue weighted by atomic mass is 16.1.